The number of methoxy groups -OCH3 is 1. The van der Waals surface area contributed by atoms with E-state index in [9.17, 15) is 9.90 Å². The summed E-state index contributed by atoms with van der Waals surface area (Å²) in [6, 6.07) is 16.2. The molecule has 7 heteroatoms. The van der Waals surface area contributed by atoms with Crippen molar-refractivity contribution in [2.24, 2.45) is 5.84 Å². The molecule has 2 aromatic heterocycles. The van der Waals surface area contributed by atoms with Crippen LogP contribution in [0.3, 0.4) is 0 Å². The van der Waals surface area contributed by atoms with Gasteiger partial charge in [-0.05, 0) is 24.6 Å². The number of amides is 1. The highest BCUT2D eigenvalue weighted by molar-refractivity contribution is 6.30. The second kappa shape index (κ2) is 5.69. The van der Waals surface area contributed by atoms with E-state index in [0.717, 1.165) is 49.2 Å². The Morgan fingerprint density at radius 2 is 1.69 bits per heavy atom. The number of carbonyl (C=O) groups is 1. The largest absolute Gasteiger partial charge is 0.386 e. The van der Waals surface area contributed by atoms with Gasteiger partial charge >= 0.3 is 0 Å². The Morgan fingerprint density at radius 1 is 1.03 bits per heavy atom. The molecule has 0 saturated carbocycles. The van der Waals surface area contributed by atoms with Gasteiger partial charge in [-0.25, -0.2) is 5.84 Å². The molecule has 4 heterocycles. The molecule has 1 amide bonds. The molecular weight excluding hydrogens is 404 g/mol. The van der Waals surface area contributed by atoms with Crippen LogP contribution in [0.15, 0.2) is 48.5 Å². The van der Waals surface area contributed by atoms with Crippen LogP contribution in [-0.2, 0) is 23.6 Å². The van der Waals surface area contributed by atoms with Gasteiger partial charge in [0.1, 0.15) is 6.10 Å². The summed E-state index contributed by atoms with van der Waals surface area (Å²) in [5.41, 5.74) is 4.47. The van der Waals surface area contributed by atoms with Crippen LogP contribution in [0, 0.1) is 0 Å². The van der Waals surface area contributed by atoms with Crippen LogP contribution in [0.25, 0.3) is 43.6 Å². The van der Waals surface area contributed by atoms with Crippen LogP contribution in [0.4, 0.5) is 0 Å². The highest BCUT2D eigenvalue weighted by Crippen LogP contribution is 2.49. The van der Waals surface area contributed by atoms with Crippen LogP contribution in [0.5, 0.6) is 0 Å². The van der Waals surface area contributed by atoms with Gasteiger partial charge in [-0.15, -0.1) is 0 Å². The summed E-state index contributed by atoms with van der Waals surface area (Å²) in [7, 11) is 1.64. The molecule has 0 spiro atoms. The minimum Gasteiger partial charge on any atom is -0.386 e. The lowest BCUT2D eigenvalue weighted by Gasteiger charge is -2.35. The fourth-order valence-corrected chi connectivity index (χ4v) is 6.00. The molecule has 0 unspecified atom stereocenters. The highest BCUT2D eigenvalue weighted by Gasteiger charge is 2.44. The molecule has 2 atom stereocenters. The van der Waals surface area contributed by atoms with Crippen molar-refractivity contribution in [2.75, 3.05) is 7.11 Å². The Bertz CT molecular complexity index is 1650. The quantitative estimate of drug-likeness (QED) is 0.318. The fraction of sp³-hybridized carbons (Fsp3) is 0.240. The molecule has 3 N–H and O–H groups in total. The molecule has 2 aliphatic rings. The number of aliphatic hydroxyl groups is 1. The number of hydrogen-bond donors (Lipinski definition) is 2. The smallest absolute Gasteiger partial charge is 0.269 e. The molecule has 0 radical (unpaired) electrons. The molecule has 7 rings (SSSR count). The minimum atomic E-state index is -0.992. The van der Waals surface area contributed by atoms with Gasteiger partial charge in [0, 0.05) is 34.2 Å². The molecule has 0 bridgehead atoms. The van der Waals surface area contributed by atoms with Gasteiger partial charge in [0.2, 0.25) is 0 Å². The number of ether oxygens (including phenoxy) is 1. The minimum absolute atomic E-state index is 0.166. The topological polar surface area (TPSA) is 85.7 Å². The summed E-state index contributed by atoms with van der Waals surface area (Å²) in [6.07, 6.45) is -0.811. The second-order valence-electron chi connectivity index (χ2n) is 8.99. The van der Waals surface area contributed by atoms with E-state index in [0.29, 0.717) is 18.7 Å². The third kappa shape index (κ3) is 1.83. The molecule has 3 aromatic carbocycles. The zero-order valence-electron chi connectivity index (χ0n) is 17.8. The van der Waals surface area contributed by atoms with E-state index < -0.39 is 11.8 Å². The van der Waals surface area contributed by atoms with Gasteiger partial charge in [-0.3, -0.25) is 9.80 Å². The first-order chi connectivity index (χ1) is 15.5. The SMILES string of the molecule is CO[C@@]1(C)[C@@H](O)Cn2c3ccccc3c3c4c(c5c6ccccc6n1c5c32)CN(N)C4=O. The number of hydrazine groups is 1. The summed E-state index contributed by atoms with van der Waals surface area (Å²) in [4.78, 5) is 13.3. The van der Waals surface area contributed by atoms with Crippen molar-refractivity contribution in [1.29, 1.82) is 0 Å². The van der Waals surface area contributed by atoms with E-state index in [1.54, 1.807) is 7.11 Å². The molecular formula is C25H22N4O3. The molecule has 0 saturated heterocycles. The van der Waals surface area contributed by atoms with Gasteiger partial charge in [-0.1, -0.05) is 36.4 Å². The molecule has 32 heavy (non-hydrogen) atoms. The first-order valence-electron chi connectivity index (χ1n) is 10.8. The van der Waals surface area contributed by atoms with Gasteiger partial charge in [-0.2, -0.15) is 0 Å². The average Bonchev–Trinajstić information content (AvgIpc) is 3.39. The predicted molar refractivity (Wildman–Crippen MR) is 123 cm³/mol. The van der Waals surface area contributed by atoms with Crippen LogP contribution in [0.1, 0.15) is 22.8 Å². The van der Waals surface area contributed by atoms with Crippen molar-refractivity contribution in [3.05, 3.63) is 59.7 Å². The number of nitrogens with zero attached hydrogens (tertiary/aromatic N) is 3. The molecule has 7 nitrogen and oxygen atoms in total. The number of nitrogens with two attached hydrogens (primary N) is 1. The van der Waals surface area contributed by atoms with Crippen LogP contribution in [-0.4, -0.2) is 38.4 Å². The average molecular weight is 426 g/mol. The summed E-state index contributed by atoms with van der Waals surface area (Å²) >= 11 is 0. The Hall–Kier alpha value is -3.39. The molecule has 0 fully saturated rings. The summed E-state index contributed by atoms with van der Waals surface area (Å²) in [6.45, 7) is 2.62. The Labute approximate surface area is 183 Å². The van der Waals surface area contributed by atoms with E-state index in [1.807, 2.05) is 49.4 Å². The van der Waals surface area contributed by atoms with Gasteiger partial charge in [0.15, 0.2) is 5.72 Å². The molecule has 5 aromatic rings. The van der Waals surface area contributed by atoms with Crippen molar-refractivity contribution in [3.63, 3.8) is 0 Å². The van der Waals surface area contributed by atoms with E-state index >= 15 is 0 Å². The van der Waals surface area contributed by atoms with Crippen LogP contribution >= 0.6 is 0 Å². The highest BCUT2D eigenvalue weighted by atomic mass is 16.5. The summed E-state index contributed by atoms with van der Waals surface area (Å²) in [5.74, 6) is 6.00. The van der Waals surface area contributed by atoms with E-state index in [-0.39, 0.29) is 5.91 Å². The van der Waals surface area contributed by atoms with Crippen molar-refractivity contribution >= 4 is 49.5 Å². The first kappa shape index (κ1) is 18.2. The maximum Gasteiger partial charge on any atom is 0.269 e. The predicted octanol–water partition coefficient (Wildman–Crippen LogP) is 3.43. The van der Waals surface area contributed by atoms with Crippen molar-refractivity contribution in [1.82, 2.24) is 14.1 Å². The Balaban J connectivity index is 1.90. The molecule has 0 aliphatic carbocycles. The second-order valence-corrected chi connectivity index (χ2v) is 8.99. The first-order valence-corrected chi connectivity index (χ1v) is 10.8. The van der Waals surface area contributed by atoms with Crippen molar-refractivity contribution in [2.45, 2.75) is 31.8 Å². The van der Waals surface area contributed by atoms with E-state index in [2.05, 4.69) is 15.2 Å². The summed E-state index contributed by atoms with van der Waals surface area (Å²) < 4.78 is 10.3. The zero-order chi connectivity index (χ0) is 21.9. The van der Waals surface area contributed by atoms with Crippen molar-refractivity contribution in [3.8, 4) is 0 Å². The van der Waals surface area contributed by atoms with Crippen LogP contribution < -0.4 is 5.84 Å². The lowest BCUT2D eigenvalue weighted by Crippen LogP contribution is -2.45. The Morgan fingerprint density at radius 3 is 2.41 bits per heavy atom. The number of carbonyl (C=O) groups excluding carboxylic acids is 1. The van der Waals surface area contributed by atoms with Crippen molar-refractivity contribution < 1.29 is 14.6 Å². The number of aromatic nitrogens is 2. The fourth-order valence-electron chi connectivity index (χ4n) is 6.00. The van der Waals surface area contributed by atoms with Gasteiger partial charge < -0.3 is 19.0 Å². The third-order valence-corrected chi connectivity index (χ3v) is 7.56. The maximum atomic E-state index is 13.3. The number of aliphatic hydroxyl groups excluding tert-OH is 1. The van der Waals surface area contributed by atoms with E-state index in [4.69, 9.17) is 10.6 Å². The molecule has 2 aliphatic heterocycles. The zero-order valence-corrected chi connectivity index (χ0v) is 17.8. The van der Waals surface area contributed by atoms with E-state index in [1.165, 1.54) is 5.01 Å². The maximum absolute atomic E-state index is 13.3. The normalized spacial score (nSPS) is 22.7. The van der Waals surface area contributed by atoms with Gasteiger partial charge in [0.25, 0.3) is 5.91 Å². The van der Waals surface area contributed by atoms with Gasteiger partial charge in [0.05, 0.1) is 35.2 Å². The number of benzene rings is 3. The monoisotopic (exact) mass is 426 g/mol. The number of hydrogen-bond acceptors (Lipinski definition) is 4. The number of para-hydroxylation sites is 2. The number of rotatable bonds is 1. The molecule has 160 valence electrons. The lowest BCUT2D eigenvalue weighted by atomic mass is 9.97. The lowest BCUT2D eigenvalue weighted by molar-refractivity contribution is -0.144. The standard InChI is InChI=1S/C25H22N4O3/c1-25(32-2)18(30)12-27-16-9-5-3-7-13(16)20-21-15(11-28(26)24(21)31)19-14-8-4-6-10-17(14)29(25)23(19)22(20)27/h3-10,18,30H,11-12,26H2,1-2H3/t18-,25-/m0/s1. The Kier molecular flexibility index (Phi) is 3.24. The number of fused-ring (bicyclic) bond motifs is 9. The van der Waals surface area contributed by atoms with Crippen LogP contribution in [0.2, 0.25) is 0 Å². The summed E-state index contributed by atoms with van der Waals surface area (Å²) in [5, 5.41) is 16.7. The third-order valence-electron chi connectivity index (χ3n) is 7.56.